The Labute approximate surface area is 170 Å². The van der Waals surface area contributed by atoms with Gasteiger partial charge in [0.05, 0.1) is 5.02 Å². The molecule has 0 radical (unpaired) electrons. The van der Waals surface area contributed by atoms with E-state index in [4.69, 9.17) is 11.6 Å². The van der Waals surface area contributed by atoms with Crippen LogP contribution < -0.4 is 16.0 Å². The average Bonchev–Trinajstić information content (AvgIpc) is 2.67. The van der Waals surface area contributed by atoms with Crippen LogP contribution in [0.1, 0.15) is 18.0 Å². The molecular weight excluding hydrogens is 374 g/mol. The Bertz CT molecular complexity index is 781. The van der Waals surface area contributed by atoms with Gasteiger partial charge in [-0.3, -0.25) is 4.98 Å². The van der Waals surface area contributed by atoms with Crippen LogP contribution >= 0.6 is 11.6 Å². The molecule has 2 aromatic rings. The molecule has 3 N–H and O–H groups in total. The number of para-hydroxylation sites is 1. The number of urea groups is 1. The summed E-state index contributed by atoms with van der Waals surface area (Å²) in [6.45, 7) is 5.17. The predicted octanol–water partition coefficient (Wildman–Crippen LogP) is 2.93. The third-order valence-electron chi connectivity index (χ3n) is 5.56. The number of hydrogen-bond donors (Lipinski definition) is 3. The Hall–Kier alpha value is -2.15. The minimum Gasteiger partial charge on any atom is -0.334 e. The highest BCUT2D eigenvalue weighted by molar-refractivity contribution is 6.30. The first kappa shape index (κ1) is 19.2. The first-order chi connectivity index (χ1) is 13.7. The van der Waals surface area contributed by atoms with Crippen molar-refractivity contribution in [3.8, 4) is 0 Å². The minimum atomic E-state index is -0.174. The maximum absolute atomic E-state index is 12.5. The van der Waals surface area contributed by atoms with Crippen LogP contribution in [0.4, 0.5) is 10.5 Å². The molecule has 4 rings (SSSR count). The SMILES string of the molecule is O=C(Nc1ccccc1)N[C@@H]1CCN(CC2CNC2)C[C@H]1c1ccc(Cl)cn1. The van der Waals surface area contributed by atoms with Gasteiger partial charge in [0, 0.05) is 62.3 Å². The molecule has 0 bridgehead atoms. The van der Waals surface area contributed by atoms with Gasteiger partial charge in [-0.05, 0) is 36.6 Å². The highest BCUT2D eigenvalue weighted by atomic mass is 35.5. The Morgan fingerprint density at radius 2 is 2.04 bits per heavy atom. The van der Waals surface area contributed by atoms with Crippen molar-refractivity contribution < 1.29 is 4.79 Å². The Morgan fingerprint density at radius 1 is 1.21 bits per heavy atom. The van der Waals surface area contributed by atoms with Gasteiger partial charge in [0.25, 0.3) is 0 Å². The van der Waals surface area contributed by atoms with E-state index in [1.165, 1.54) is 0 Å². The van der Waals surface area contributed by atoms with Gasteiger partial charge in [-0.25, -0.2) is 4.79 Å². The fourth-order valence-corrected chi connectivity index (χ4v) is 4.08. The number of anilines is 1. The molecule has 2 atom stereocenters. The smallest absolute Gasteiger partial charge is 0.319 e. The van der Waals surface area contributed by atoms with Gasteiger partial charge in [-0.2, -0.15) is 0 Å². The lowest BCUT2D eigenvalue weighted by atomic mass is 9.88. The highest BCUT2D eigenvalue weighted by Gasteiger charge is 2.34. The molecule has 148 valence electrons. The van der Waals surface area contributed by atoms with Crippen LogP contribution in [0.15, 0.2) is 48.7 Å². The number of aromatic nitrogens is 1. The number of nitrogens with zero attached hydrogens (tertiary/aromatic N) is 2. The first-order valence-corrected chi connectivity index (χ1v) is 10.2. The summed E-state index contributed by atoms with van der Waals surface area (Å²) in [6, 6.07) is 13.2. The summed E-state index contributed by atoms with van der Waals surface area (Å²) in [5, 5.41) is 10.1. The van der Waals surface area contributed by atoms with E-state index in [2.05, 4.69) is 25.8 Å². The number of likely N-dealkylation sites (tertiary alicyclic amines) is 1. The maximum Gasteiger partial charge on any atom is 0.319 e. The minimum absolute atomic E-state index is 0.0353. The van der Waals surface area contributed by atoms with Gasteiger partial charge in [0.1, 0.15) is 0 Å². The van der Waals surface area contributed by atoms with E-state index in [0.29, 0.717) is 5.02 Å². The molecule has 1 aromatic carbocycles. The van der Waals surface area contributed by atoms with Crippen molar-refractivity contribution in [3.05, 3.63) is 59.4 Å². The largest absolute Gasteiger partial charge is 0.334 e. The summed E-state index contributed by atoms with van der Waals surface area (Å²) < 4.78 is 0. The molecule has 1 aromatic heterocycles. The van der Waals surface area contributed by atoms with Crippen molar-refractivity contribution in [2.45, 2.75) is 18.4 Å². The molecule has 2 aliphatic rings. The quantitative estimate of drug-likeness (QED) is 0.723. The van der Waals surface area contributed by atoms with Crippen molar-refractivity contribution in [1.82, 2.24) is 20.5 Å². The third-order valence-corrected chi connectivity index (χ3v) is 5.78. The van der Waals surface area contributed by atoms with Crippen molar-refractivity contribution >= 4 is 23.3 Å². The van der Waals surface area contributed by atoms with Crippen LogP contribution in [-0.2, 0) is 0 Å². The van der Waals surface area contributed by atoms with Gasteiger partial charge in [0.15, 0.2) is 0 Å². The van der Waals surface area contributed by atoms with Crippen molar-refractivity contribution in [2.75, 3.05) is 38.0 Å². The fourth-order valence-electron chi connectivity index (χ4n) is 3.96. The van der Waals surface area contributed by atoms with E-state index in [1.807, 2.05) is 42.5 Å². The van der Waals surface area contributed by atoms with E-state index in [-0.39, 0.29) is 18.0 Å². The van der Waals surface area contributed by atoms with E-state index in [9.17, 15) is 4.79 Å². The molecule has 2 amide bonds. The summed E-state index contributed by atoms with van der Waals surface area (Å²) in [4.78, 5) is 19.6. The number of rotatable bonds is 5. The Kier molecular flexibility index (Phi) is 6.10. The molecule has 0 aliphatic carbocycles. The first-order valence-electron chi connectivity index (χ1n) is 9.84. The number of hydrogen-bond acceptors (Lipinski definition) is 4. The van der Waals surface area contributed by atoms with Gasteiger partial charge in [0.2, 0.25) is 0 Å². The lowest BCUT2D eigenvalue weighted by Crippen LogP contribution is -2.54. The van der Waals surface area contributed by atoms with Crippen molar-refractivity contribution in [1.29, 1.82) is 0 Å². The molecule has 3 heterocycles. The molecule has 28 heavy (non-hydrogen) atoms. The van der Waals surface area contributed by atoms with Crippen molar-refractivity contribution in [3.63, 3.8) is 0 Å². The molecule has 0 saturated carbocycles. The molecule has 0 unspecified atom stereocenters. The van der Waals surface area contributed by atoms with E-state index in [1.54, 1.807) is 6.20 Å². The molecule has 2 saturated heterocycles. The zero-order chi connectivity index (χ0) is 19.3. The molecule has 0 spiro atoms. The maximum atomic E-state index is 12.5. The second-order valence-electron chi connectivity index (χ2n) is 7.65. The summed E-state index contributed by atoms with van der Waals surface area (Å²) in [7, 11) is 0. The third kappa shape index (κ3) is 4.82. The van der Waals surface area contributed by atoms with Gasteiger partial charge in [-0.15, -0.1) is 0 Å². The van der Waals surface area contributed by atoms with Crippen LogP contribution in [0.3, 0.4) is 0 Å². The zero-order valence-electron chi connectivity index (χ0n) is 15.8. The Morgan fingerprint density at radius 3 is 2.71 bits per heavy atom. The molecular formula is C21H26ClN5O. The van der Waals surface area contributed by atoms with E-state index in [0.717, 1.165) is 56.4 Å². The molecule has 6 nitrogen and oxygen atoms in total. The van der Waals surface area contributed by atoms with Gasteiger partial charge in [-0.1, -0.05) is 29.8 Å². The van der Waals surface area contributed by atoms with Crippen molar-refractivity contribution in [2.24, 2.45) is 5.92 Å². The summed E-state index contributed by atoms with van der Waals surface area (Å²) in [5.74, 6) is 0.866. The number of piperidine rings is 1. The molecule has 7 heteroatoms. The zero-order valence-corrected chi connectivity index (χ0v) is 16.5. The lowest BCUT2D eigenvalue weighted by Gasteiger charge is -2.41. The van der Waals surface area contributed by atoms with Crippen LogP contribution in [-0.4, -0.2) is 54.7 Å². The van der Waals surface area contributed by atoms with Gasteiger partial charge >= 0.3 is 6.03 Å². The van der Waals surface area contributed by atoms with Crippen LogP contribution in [0, 0.1) is 5.92 Å². The molecule has 2 fully saturated rings. The average molecular weight is 400 g/mol. The number of carbonyl (C=O) groups excluding carboxylic acids is 1. The van der Waals surface area contributed by atoms with Crippen LogP contribution in [0.2, 0.25) is 5.02 Å². The topological polar surface area (TPSA) is 69.3 Å². The van der Waals surface area contributed by atoms with Gasteiger partial charge < -0.3 is 20.9 Å². The highest BCUT2D eigenvalue weighted by Crippen LogP contribution is 2.28. The van der Waals surface area contributed by atoms with E-state index >= 15 is 0 Å². The molecule has 2 aliphatic heterocycles. The number of benzene rings is 1. The number of nitrogens with one attached hydrogen (secondary N) is 3. The fraction of sp³-hybridized carbons (Fsp3) is 0.429. The predicted molar refractivity (Wildman–Crippen MR) is 112 cm³/mol. The summed E-state index contributed by atoms with van der Waals surface area (Å²) in [6.07, 6.45) is 2.59. The standard InChI is InChI=1S/C21H26ClN5O/c22-16-6-7-19(24-12-16)18-14-27(13-15-10-23-11-15)9-8-20(18)26-21(28)25-17-4-2-1-3-5-17/h1-7,12,15,18,20,23H,8-11,13-14H2,(H2,25,26,28)/t18-,20+/m0/s1. The van der Waals surface area contributed by atoms with Crippen LogP contribution in [0.5, 0.6) is 0 Å². The number of pyridine rings is 1. The van der Waals surface area contributed by atoms with E-state index < -0.39 is 0 Å². The number of halogens is 1. The second-order valence-corrected chi connectivity index (χ2v) is 8.09. The lowest BCUT2D eigenvalue weighted by molar-refractivity contribution is 0.135. The van der Waals surface area contributed by atoms with Crippen LogP contribution in [0.25, 0.3) is 0 Å². The number of amides is 2. The number of carbonyl (C=O) groups is 1. The monoisotopic (exact) mass is 399 g/mol. The summed E-state index contributed by atoms with van der Waals surface area (Å²) in [5.41, 5.74) is 1.77. The summed E-state index contributed by atoms with van der Waals surface area (Å²) >= 11 is 6.03. The normalized spacial score (nSPS) is 23.0. The Balaban J connectivity index is 1.44. The second kappa shape index (κ2) is 8.90.